The van der Waals surface area contributed by atoms with E-state index in [9.17, 15) is 30.3 Å². The molecular formula is C21H32O8. The zero-order chi connectivity index (χ0) is 22.0. The average molecular weight is 412 g/mol. The van der Waals surface area contributed by atoms with E-state index >= 15 is 0 Å². The van der Waals surface area contributed by atoms with E-state index in [4.69, 9.17) is 9.47 Å². The largest absolute Gasteiger partial charge is 0.394 e. The summed E-state index contributed by atoms with van der Waals surface area (Å²) in [5.41, 5.74) is -0.551. The van der Waals surface area contributed by atoms with Crippen LogP contribution in [0.25, 0.3) is 0 Å². The first-order valence-corrected chi connectivity index (χ1v) is 9.65. The van der Waals surface area contributed by atoms with Gasteiger partial charge in [0.25, 0.3) is 0 Å². The van der Waals surface area contributed by atoms with Crippen LogP contribution in [0.3, 0.4) is 0 Å². The van der Waals surface area contributed by atoms with E-state index in [1.807, 2.05) is 13.8 Å². The lowest BCUT2D eigenvalue weighted by molar-refractivity contribution is -0.298. The van der Waals surface area contributed by atoms with Crippen molar-refractivity contribution in [1.82, 2.24) is 0 Å². The number of hydrogen-bond acceptors (Lipinski definition) is 8. The van der Waals surface area contributed by atoms with Crippen LogP contribution in [-0.4, -0.2) is 80.8 Å². The summed E-state index contributed by atoms with van der Waals surface area (Å²) in [6.07, 6.45) is 0.197. The van der Waals surface area contributed by atoms with E-state index in [-0.39, 0.29) is 18.8 Å². The highest BCUT2D eigenvalue weighted by Gasteiger charge is 2.47. The van der Waals surface area contributed by atoms with Gasteiger partial charge in [0.15, 0.2) is 12.1 Å². The molecule has 0 unspecified atom stereocenters. The first kappa shape index (κ1) is 23.9. The Morgan fingerprint density at radius 1 is 1.28 bits per heavy atom. The molecule has 1 aliphatic carbocycles. The number of aliphatic hydroxyl groups excluding tert-OH is 4. The Kier molecular flexibility index (Phi) is 7.56. The van der Waals surface area contributed by atoms with E-state index in [2.05, 4.69) is 0 Å². The summed E-state index contributed by atoms with van der Waals surface area (Å²) in [6, 6.07) is 0. The van der Waals surface area contributed by atoms with Crippen LogP contribution in [0.1, 0.15) is 34.1 Å². The maximum atomic E-state index is 11.8. The number of allylic oxidation sites excluding steroid dienone is 3. The fourth-order valence-electron chi connectivity index (χ4n) is 3.66. The Bertz CT molecular complexity index is 693. The van der Waals surface area contributed by atoms with Crippen LogP contribution in [-0.2, 0) is 14.3 Å². The molecule has 5 N–H and O–H groups in total. The van der Waals surface area contributed by atoms with Gasteiger partial charge >= 0.3 is 0 Å². The molecule has 1 fully saturated rings. The minimum atomic E-state index is -1.49. The van der Waals surface area contributed by atoms with Crippen LogP contribution >= 0.6 is 0 Å². The molecule has 8 nitrogen and oxygen atoms in total. The molecule has 6 atom stereocenters. The zero-order valence-electron chi connectivity index (χ0n) is 17.3. The maximum Gasteiger partial charge on any atom is 0.187 e. The fourth-order valence-corrected chi connectivity index (χ4v) is 3.66. The van der Waals surface area contributed by atoms with E-state index < -0.39 is 48.3 Å². The molecule has 0 aromatic heterocycles. The summed E-state index contributed by atoms with van der Waals surface area (Å²) in [5.74, 6) is -0.00855. The van der Waals surface area contributed by atoms with Crippen LogP contribution in [0.5, 0.6) is 0 Å². The van der Waals surface area contributed by atoms with E-state index in [1.54, 1.807) is 32.1 Å². The number of ether oxygens (including phenoxy) is 2. The lowest BCUT2D eigenvalue weighted by Gasteiger charge is -2.44. The second kappa shape index (κ2) is 9.18. The Balaban J connectivity index is 2.01. The number of carbonyl (C=O) groups excluding carboxylic acids is 1. The van der Waals surface area contributed by atoms with Crippen molar-refractivity contribution in [2.24, 2.45) is 5.41 Å². The molecule has 0 aromatic carbocycles. The maximum absolute atomic E-state index is 11.8. The standard InChI is InChI=1S/C21H32O8/c1-12(5-7-21(27)13(2)9-14(23)10-20(21,3)4)6-8-28-19-18(26)17(25)16(24)15(11-22)29-19/h5-7,9,15-19,22,24-27H,8,10-11H2,1-4H3/b7-5+,12-6+/t15-,16-,17+,18-,19-,21-/m1/s1. The van der Waals surface area contributed by atoms with Crippen molar-refractivity contribution in [2.45, 2.75) is 70.4 Å². The molecule has 8 heteroatoms. The summed E-state index contributed by atoms with van der Waals surface area (Å²) < 4.78 is 10.7. The number of carbonyl (C=O) groups is 1. The molecular weight excluding hydrogens is 380 g/mol. The SMILES string of the molecule is CC1=CC(=O)CC(C)(C)[C@@]1(O)/C=C/C(C)=C/CO[C@@H]1O[C@H](CO)[C@@H](O)[C@H](O)[C@H]1O. The summed E-state index contributed by atoms with van der Waals surface area (Å²) >= 11 is 0. The second-order valence-electron chi connectivity index (χ2n) is 8.43. The van der Waals surface area contributed by atoms with Gasteiger partial charge in [0.05, 0.1) is 13.2 Å². The van der Waals surface area contributed by atoms with Gasteiger partial charge in [0, 0.05) is 11.8 Å². The van der Waals surface area contributed by atoms with Crippen molar-refractivity contribution in [2.75, 3.05) is 13.2 Å². The number of hydrogen-bond donors (Lipinski definition) is 5. The van der Waals surface area contributed by atoms with Crippen molar-refractivity contribution < 1.29 is 39.8 Å². The van der Waals surface area contributed by atoms with Crippen LogP contribution in [0.4, 0.5) is 0 Å². The van der Waals surface area contributed by atoms with Gasteiger partial charge < -0.3 is 35.0 Å². The molecule has 1 heterocycles. The van der Waals surface area contributed by atoms with Crippen molar-refractivity contribution >= 4 is 5.78 Å². The Labute approximate surface area is 170 Å². The van der Waals surface area contributed by atoms with Crippen molar-refractivity contribution in [3.8, 4) is 0 Å². The number of aliphatic hydroxyl groups is 5. The van der Waals surface area contributed by atoms with E-state index in [0.717, 1.165) is 5.57 Å². The smallest absolute Gasteiger partial charge is 0.187 e. The zero-order valence-corrected chi connectivity index (χ0v) is 17.3. The van der Waals surface area contributed by atoms with Crippen molar-refractivity contribution in [3.63, 3.8) is 0 Å². The highest BCUT2D eigenvalue weighted by molar-refractivity contribution is 5.92. The first-order valence-electron chi connectivity index (χ1n) is 9.65. The van der Waals surface area contributed by atoms with Gasteiger partial charge in [-0.05, 0) is 31.6 Å². The predicted octanol–water partition coefficient (Wildman–Crippen LogP) is -0.0182. The highest BCUT2D eigenvalue weighted by atomic mass is 16.7. The molecule has 29 heavy (non-hydrogen) atoms. The van der Waals surface area contributed by atoms with Crippen molar-refractivity contribution in [1.29, 1.82) is 0 Å². The monoisotopic (exact) mass is 412 g/mol. The molecule has 0 aromatic rings. The van der Waals surface area contributed by atoms with Crippen molar-refractivity contribution in [3.05, 3.63) is 35.5 Å². The third kappa shape index (κ3) is 5.03. The molecule has 0 amide bonds. The number of rotatable bonds is 6. The molecule has 0 spiro atoms. The van der Waals surface area contributed by atoms with Gasteiger partial charge in [-0.2, -0.15) is 0 Å². The van der Waals surface area contributed by atoms with Crippen LogP contribution in [0.15, 0.2) is 35.5 Å². The minimum Gasteiger partial charge on any atom is -0.394 e. The summed E-state index contributed by atoms with van der Waals surface area (Å²) in [7, 11) is 0. The molecule has 0 bridgehead atoms. The lowest BCUT2D eigenvalue weighted by atomic mass is 9.64. The van der Waals surface area contributed by atoms with Gasteiger partial charge in [-0.1, -0.05) is 31.6 Å². The molecule has 0 saturated carbocycles. The van der Waals surface area contributed by atoms with Crippen LogP contribution in [0, 0.1) is 5.41 Å². The number of ketones is 1. The van der Waals surface area contributed by atoms with Gasteiger partial charge in [-0.25, -0.2) is 0 Å². The quantitative estimate of drug-likeness (QED) is 0.384. The molecule has 1 saturated heterocycles. The topological polar surface area (TPSA) is 137 Å². The molecule has 0 radical (unpaired) electrons. The fraction of sp³-hybridized carbons (Fsp3) is 0.667. The molecule has 2 rings (SSSR count). The summed E-state index contributed by atoms with van der Waals surface area (Å²) in [5, 5.41) is 49.8. The van der Waals surface area contributed by atoms with Gasteiger partial charge in [0.1, 0.15) is 30.0 Å². The first-order chi connectivity index (χ1) is 13.4. The molecule has 164 valence electrons. The molecule has 1 aliphatic heterocycles. The lowest BCUT2D eigenvalue weighted by Crippen LogP contribution is -2.59. The Hall–Kier alpha value is -1.39. The van der Waals surface area contributed by atoms with Gasteiger partial charge in [-0.3, -0.25) is 4.79 Å². The van der Waals surface area contributed by atoms with Gasteiger partial charge in [-0.15, -0.1) is 0 Å². The second-order valence-corrected chi connectivity index (χ2v) is 8.43. The Morgan fingerprint density at radius 3 is 2.52 bits per heavy atom. The Morgan fingerprint density at radius 2 is 1.93 bits per heavy atom. The van der Waals surface area contributed by atoms with Crippen LogP contribution in [0.2, 0.25) is 0 Å². The third-order valence-electron chi connectivity index (χ3n) is 5.73. The average Bonchev–Trinajstić information content (AvgIpc) is 2.64. The van der Waals surface area contributed by atoms with E-state index in [0.29, 0.717) is 5.57 Å². The van der Waals surface area contributed by atoms with E-state index in [1.165, 1.54) is 6.08 Å². The summed E-state index contributed by atoms with van der Waals surface area (Å²) in [4.78, 5) is 11.8. The summed E-state index contributed by atoms with van der Waals surface area (Å²) in [6.45, 7) is 6.72. The predicted molar refractivity (Wildman–Crippen MR) is 105 cm³/mol. The normalized spacial score (nSPS) is 38.4. The van der Waals surface area contributed by atoms with Gasteiger partial charge in [0.2, 0.25) is 0 Å². The molecule has 2 aliphatic rings. The van der Waals surface area contributed by atoms with Crippen LogP contribution < -0.4 is 0 Å². The minimum absolute atomic E-state index is 0.00855. The third-order valence-corrected chi connectivity index (χ3v) is 5.73. The highest BCUT2D eigenvalue weighted by Crippen LogP contribution is 2.44.